The molecule has 0 aliphatic rings. The van der Waals surface area contributed by atoms with Gasteiger partial charge in [0, 0.05) is 0 Å². The summed E-state index contributed by atoms with van der Waals surface area (Å²) in [6, 6.07) is 0. The number of hydrogen-bond donors (Lipinski definition) is 1. The zero-order chi connectivity index (χ0) is 11.0. The van der Waals surface area contributed by atoms with Gasteiger partial charge in [0.1, 0.15) is 0 Å². The molecule has 2 nitrogen and oxygen atoms in total. The Morgan fingerprint density at radius 3 is 1.53 bits per heavy atom. The van der Waals surface area contributed by atoms with Gasteiger partial charge in [-0.15, -0.1) is 0 Å². The van der Waals surface area contributed by atoms with E-state index >= 15 is 0 Å². The first kappa shape index (κ1) is 18.2. The van der Waals surface area contributed by atoms with Crippen molar-refractivity contribution in [2.45, 2.75) is 40.0 Å². The molecule has 0 amide bonds. The van der Waals surface area contributed by atoms with Crippen molar-refractivity contribution in [3.8, 4) is 0 Å². The molecule has 0 radical (unpaired) electrons. The van der Waals surface area contributed by atoms with E-state index in [1.807, 2.05) is 0 Å². The van der Waals surface area contributed by atoms with E-state index in [0.29, 0.717) is 5.75 Å². The Morgan fingerprint density at radius 1 is 1.00 bits per heavy atom. The van der Waals surface area contributed by atoms with Crippen LogP contribution >= 0.6 is 10.0 Å². The molecule has 0 aromatic rings. The fraction of sp³-hybridized carbons (Fsp3) is 0.909. The van der Waals surface area contributed by atoms with Crippen LogP contribution in [0.2, 0.25) is 0 Å². The molecule has 0 aromatic carbocycles. The molecule has 0 rings (SSSR count). The Hall–Kier alpha value is 0.820. The molecule has 0 atom stereocenters. The van der Waals surface area contributed by atoms with Crippen LogP contribution in [0.3, 0.4) is 0 Å². The summed E-state index contributed by atoms with van der Waals surface area (Å²) in [6.45, 7) is 6.48. The van der Waals surface area contributed by atoms with Crippen LogP contribution in [0, 0.1) is 0 Å². The van der Waals surface area contributed by atoms with Crippen LogP contribution in [-0.4, -0.2) is 63.6 Å². The van der Waals surface area contributed by atoms with Crippen LogP contribution < -0.4 is 0 Å². The summed E-state index contributed by atoms with van der Waals surface area (Å²) in [4.78, 5) is 10.9. The summed E-state index contributed by atoms with van der Waals surface area (Å²) < 4.78 is 0. The van der Waals surface area contributed by atoms with E-state index in [-0.39, 0.29) is 29.6 Å². The van der Waals surface area contributed by atoms with Crippen molar-refractivity contribution in [1.82, 2.24) is 0 Å². The van der Waals surface area contributed by atoms with E-state index in [1.165, 1.54) is 0 Å². The van der Waals surface area contributed by atoms with Crippen molar-refractivity contribution in [2.24, 2.45) is 0 Å². The Bertz CT molecular complexity index is 157. The number of hydrogen-bond acceptors (Lipinski definition) is 1. The fourth-order valence-electron chi connectivity index (χ4n) is 2.08. The van der Waals surface area contributed by atoms with E-state index in [0.717, 1.165) is 36.5 Å². The molecule has 0 saturated carbocycles. The fourth-order valence-corrected chi connectivity index (χ4v) is 6.25. The van der Waals surface area contributed by atoms with E-state index in [4.69, 9.17) is 5.11 Å². The van der Waals surface area contributed by atoms with Gasteiger partial charge in [-0.1, -0.05) is 20.8 Å². The standard InChI is InChI=1S/C11H24O2S.Na.H/c1-4-7-14(8-5-2,9-6-3)10-11(12)13;;/h4-10H2,1-3H3,(H,12,13);;. The molecule has 0 unspecified atom stereocenters. The second kappa shape index (κ2) is 10.0. The van der Waals surface area contributed by atoms with Crippen LogP contribution in [0.15, 0.2) is 0 Å². The first-order chi connectivity index (χ1) is 6.60. The van der Waals surface area contributed by atoms with Crippen molar-refractivity contribution in [3.63, 3.8) is 0 Å². The summed E-state index contributed by atoms with van der Waals surface area (Å²) in [6.07, 6.45) is 3.38. The topological polar surface area (TPSA) is 37.3 Å². The molecule has 0 aliphatic heterocycles. The molecule has 0 aromatic heterocycles. The predicted octanol–water partition coefficient (Wildman–Crippen LogP) is 2.46. The van der Waals surface area contributed by atoms with Crippen molar-refractivity contribution in [3.05, 3.63) is 0 Å². The zero-order valence-electron chi connectivity index (χ0n) is 9.71. The average Bonchev–Trinajstić information content (AvgIpc) is 2.03. The molecule has 15 heavy (non-hydrogen) atoms. The number of carboxylic acids is 1. The molecule has 4 heteroatoms. The molecule has 88 valence electrons. The number of aliphatic carboxylic acids is 1. The number of rotatable bonds is 8. The van der Waals surface area contributed by atoms with Crippen LogP contribution in [0.1, 0.15) is 40.0 Å². The first-order valence-corrected chi connectivity index (χ1v) is 7.87. The van der Waals surface area contributed by atoms with E-state index < -0.39 is 16.0 Å². The minimum atomic E-state index is -0.845. The Morgan fingerprint density at radius 2 is 1.33 bits per heavy atom. The van der Waals surface area contributed by atoms with Crippen LogP contribution in [-0.2, 0) is 4.79 Å². The third-order valence-electron chi connectivity index (χ3n) is 2.34. The normalized spacial score (nSPS) is 11.9. The van der Waals surface area contributed by atoms with Crippen LogP contribution in [0.4, 0.5) is 0 Å². The monoisotopic (exact) mass is 244 g/mol. The van der Waals surface area contributed by atoms with Gasteiger partial charge in [0.15, 0.2) is 0 Å². The summed E-state index contributed by atoms with van der Waals surface area (Å²) in [5.41, 5.74) is 0. The second-order valence-electron chi connectivity index (χ2n) is 3.88. The summed E-state index contributed by atoms with van der Waals surface area (Å²) in [5.74, 6) is 3.25. The molecule has 0 heterocycles. The van der Waals surface area contributed by atoms with Gasteiger partial charge >= 0.3 is 35.5 Å². The molecule has 0 saturated heterocycles. The van der Waals surface area contributed by atoms with Gasteiger partial charge in [-0.3, -0.25) is 4.79 Å². The molecule has 1 N–H and O–H groups in total. The van der Waals surface area contributed by atoms with Crippen LogP contribution in [0.5, 0.6) is 0 Å². The summed E-state index contributed by atoms with van der Waals surface area (Å²) >= 11 is 0. The van der Waals surface area contributed by atoms with Gasteiger partial charge in [-0.2, -0.15) is 0 Å². The minimum absolute atomic E-state index is 0. The van der Waals surface area contributed by atoms with Gasteiger partial charge in [0.05, 0.1) is 5.75 Å². The van der Waals surface area contributed by atoms with Gasteiger partial charge in [-0.25, -0.2) is 10.0 Å². The van der Waals surface area contributed by atoms with E-state index in [9.17, 15) is 4.79 Å². The maximum atomic E-state index is 10.9. The molecule has 0 bridgehead atoms. The predicted molar refractivity (Wildman–Crippen MR) is 72.7 cm³/mol. The Labute approximate surface area is 118 Å². The average molecular weight is 244 g/mol. The second-order valence-corrected chi connectivity index (χ2v) is 7.84. The zero-order valence-corrected chi connectivity index (χ0v) is 10.5. The van der Waals surface area contributed by atoms with Crippen molar-refractivity contribution in [2.75, 3.05) is 23.0 Å². The molecular weight excluding hydrogens is 219 g/mol. The van der Waals surface area contributed by atoms with Crippen LogP contribution in [0.25, 0.3) is 0 Å². The number of carbonyl (C=O) groups is 1. The number of carboxylic acid groups (broad SMARTS) is 1. The van der Waals surface area contributed by atoms with E-state index in [1.54, 1.807) is 0 Å². The first-order valence-electron chi connectivity index (χ1n) is 5.56. The Kier molecular flexibility index (Phi) is 12.1. The molecule has 0 aliphatic carbocycles. The van der Waals surface area contributed by atoms with Crippen molar-refractivity contribution in [1.29, 1.82) is 0 Å². The van der Waals surface area contributed by atoms with Gasteiger partial charge in [0.2, 0.25) is 0 Å². The quantitative estimate of drug-likeness (QED) is 0.666. The summed E-state index contributed by atoms with van der Waals surface area (Å²) in [5, 5.41) is 8.95. The molecule has 0 fully saturated rings. The summed E-state index contributed by atoms with van der Waals surface area (Å²) in [7, 11) is -0.845. The molecular formula is C11H25NaO2S. The SMILES string of the molecule is CCCS(CCC)(CCC)CC(=O)O.[NaH]. The van der Waals surface area contributed by atoms with E-state index in [2.05, 4.69) is 20.8 Å². The maximum absolute atomic E-state index is 10.9. The third-order valence-corrected chi connectivity index (χ3v) is 7.02. The van der Waals surface area contributed by atoms with Gasteiger partial charge in [0.25, 0.3) is 0 Å². The Balaban J connectivity index is 0. The third kappa shape index (κ3) is 7.67. The van der Waals surface area contributed by atoms with Crippen molar-refractivity contribution < 1.29 is 9.90 Å². The van der Waals surface area contributed by atoms with Crippen molar-refractivity contribution >= 4 is 45.6 Å². The van der Waals surface area contributed by atoms with Gasteiger partial charge in [-0.05, 0) is 36.5 Å². The molecule has 0 spiro atoms. The van der Waals surface area contributed by atoms with Gasteiger partial charge < -0.3 is 5.11 Å².